The van der Waals surface area contributed by atoms with Gasteiger partial charge in [0.1, 0.15) is 28.9 Å². The molecule has 0 saturated heterocycles. The molecular formula is C30H29N7O2. The molecule has 9 nitrogen and oxygen atoms in total. The number of nitrogens with zero attached hydrogens (tertiary/aromatic N) is 5. The van der Waals surface area contributed by atoms with Crippen molar-refractivity contribution >= 4 is 28.7 Å². The summed E-state index contributed by atoms with van der Waals surface area (Å²) in [4.78, 5) is 14.0. The summed E-state index contributed by atoms with van der Waals surface area (Å²) in [7, 11) is 3.30. The van der Waals surface area contributed by atoms with Gasteiger partial charge in [-0.05, 0) is 73.2 Å². The first-order chi connectivity index (χ1) is 19.2. The zero-order chi connectivity index (χ0) is 26.8. The second-order valence-electron chi connectivity index (χ2n) is 9.32. The summed E-state index contributed by atoms with van der Waals surface area (Å²) < 4.78 is 13.3. The number of pyridine rings is 2. The van der Waals surface area contributed by atoms with E-state index in [4.69, 9.17) is 25.3 Å². The Balaban J connectivity index is 1.66. The van der Waals surface area contributed by atoms with E-state index < -0.39 is 0 Å². The van der Waals surface area contributed by atoms with Gasteiger partial charge in [0.2, 0.25) is 5.88 Å². The van der Waals surface area contributed by atoms with Gasteiger partial charge < -0.3 is 20.5 Å². The van der Waals surface area contributed by atoms with Gasteiger partial charge in [0.05, 0.1) is 25.3 Å². The summed E-state index contributed by atoms with van der Waals surface area (Å²) >= 11 is 0. The van der Waals surface area contributed by atoms with E-state index in [1.54, 1.807) is 37.2 Å². The van der Waals surface area contributed by atoms with Crippen LogP contribution < -0.4 is 20.5 Å². The molecule has 3 N–H and O–H groups in total. The molecule has 9 heteroatoms. The SMILES string of the molecule is COc1ccc(-c2c(Nc3ccccn3)nc3c(C4=CCCCC4)c(-c4ccc(N)nc4)nn3c2OC)cc1. The highest BCUT2D eigenvalue weighted by molar-refractivity contribution is 5.91. The first kappa shape index (κ1) is 24.4. The largest absolute Gasteiger partial charge is 0.497 e. The van der Waals surface area contributed by atoms with E-state index in [1.165, 1.54) is 12.0 Å². The third kappa shape index (κ3) is 4.63. The van der Waals surface area contributed by atoms with Gasteiger partial charge in [-0.2, -0.15) is 9.61 Å². The van der Waals surface area contributed by atoms with Crippen LogP contribution in [0.25, 0.3) is 33.6 Å². The lowest BCUT2D eigenvalue weighted by molar-refractivity contribution is 0.387. The molecule has 39 heavy (non-hydrogen) atoms. The molecule has 0 aliphatic heterocycles. The number of benzene rings is 1. The minimum absolute atomic E-state index is 0.459. The van der Waals surface area contributed by atoms with Gasteiger partial charge in [-0.25, -0.2) is 15.0 Å². The fourth-order valence-corrected chi connectivity index (χ4v) is 4.99. The zero-order valence-electron chi connectivity index (χ0n) is 21.9. The molecule has 0 bridgehead atoms. The molecule has 4 heterocycles. The molecule has 1 aliphatic rings. The number of aromatic nitrogens is 5. The summed E-state index contributed by atoms with van der Waals surface area (Å²) in [5, 5.41) is 8.50. The standard InChI is InChI=1S/C30H29N7O2/c1-38-22-14-11-20(12-15-22)26-28(34-24-10-6-7-17-32-24)35-29-25(19-8-4-3-5-9-19)27(36-37(29)30(26)39-2)21-13-16-23(31)33-18-21/h6-8,10-18H,3-5,9H2,1-2H3,(H2,31,33)(H,32,34,35). The molecule has 1 aromatic carbocycles. The second-order valence-corrected chi connectivity index (χ2v) is 9.32. The average Bonchev–Trinajstić information content (AvgIpc) is 3.37. The molecule has 0 amide bonds. The third-order valence-corrected chi connectivity index (χ3v) is 6.88. The van der Waals surface area contributed by atoms with E-state index in [9.17, 15) is 0 Å². The van der Waals surface area contributed by atoms with Crippen molar-refractivity contribution in [3.63, 3.8) is 0 Å². The number of anilines is 3. The maximum Gasteiger partial charge on any atom is 0.228 e. The number of hydrogen-bond donors (Lipinski definition) is 2. The number of rotatable bonds is 7. The van der Waals surface area contributed by atoms with Crippen LogP contribution in [0.3, 0.4) is 0 Å². The number of nitrogens with one attached hydrogen (secondary N) is 1. The molecule has 4 aromatic heterocycles. The molecule has 0 atom stereocenters. The van der Waals surface area contributed by atoms with Crippen LogP contribution in [0.2, 0.25) is 0 Å². The summed E-state index contributed by atoms with van der Waals surface area (Å²) in [6.07, 6.45) is 10.1. The maximum absolute atomic E-state index is 6.07. The highest BCUT2D eigenvalue weighted by Crippen LogP contribution is 2.43. The Bertz CT molecular complexity index is 1640. The van der Waals surface area contributed by atoms with E-state index in [0.717, 1.165) is 53.0 Å². The minimum Gasteiger partial charge on any atom is -0.497 e. The summed E-state index contributed by atoms with van der Waals surface area (Å²) in [6.45, 7) is 0. The van der Waals surface area contributed by atoms with E-state index in [1.807, 2.05) is 48.5 Å². The van der Waals surface area contributed by atoms with E-state index in [0.29, 0.717) is 29.0 Å². The Morgan fingerprint density at radius 3 is 2.41 bits per heavy atom. The van der Waals surface area contributed by atoms with Crippen LogP contribution in [-0.2, 0) is 0 Å². The number of nitrogen functional groups attached to an aromatic ring is 1. The Kier molecular flexibility index (Phi) is 6.54. The van der Waals surface area contributed by atoms with Crippen LogP contribution in [0.15, 0.2) is 73.1 Å². The van der Waals surface area contributed by atoms with Gasteiger partial charge in [-0.1, -0.05) is 24.3 Å². The molecule has 0 radical (unpaired) electrons. The van der Waals surface area contributed by atoms with Gasteiger partial charge in [0.15, 0.2) is 5.65 Å². The van der Waals surface area contributed by atoms with Crippen LogP contribution in [0.5, 0.6) is 11.6 Å². The lowest BCUT2D eigenvalue weighted by Crippen LogP contribution is -2.07. The van der Waals surface area contributed by atoms with Crippen LogP contribution in [-0.4, -0.2) is 38.8 Å². The third-order valence-electron chi connectivity index (χ3n) is 6.88. The first-order valence-electron chi connectivity index (χ1n) is 12.9. The predicted octanol–water partition coefficient (Wildman–Crippen LogP) is 6.15. The number of ether oxygens (including phenoxy) is 2. The van der Waals surface area contributed by atoms with Crippen LogP contribution in [0.4, 0.5) is 17.5 Å². The van der Waals surface area contributed by atoms with E-state index in [2.05, 4.69) is 21.4 Å². The monoisotopic (exact) mass is 519 g/mol. The van der Waals surface area contributed by atoms with Gasteiger partial charge in [-0.15, -0.1) is 0 Å². The molecule has 6 rings (SSSR count). The lowest BCUT2D eigenvalue weighted by Gasteiger charge is -2.17. The Labute approximate surface area is 226 Å². The zero-order valence-corrected chi connectivity index (χ0v) is 21.9. The molecule has 0 spiro atoms. The maximum atomic E-state index is 6.07. The summed E-state index contributed by atoms with van der Waals surface area (Å²) in [6, 6.07) is 17.2. The molecular weight excluding hydrogens is 490 g/mol. The van der Waals surface area contributed by atoms with Crippen molar-refractivity contribution in [1.82, 2.24) is 24.6 Å². The molecule has 0 saturated carbocycles. The number of nitrogens with two attached hydrogens (primary N) is 1. The fraction of sp³-hybridized carbons (Fsp3) is 0.200. The first-order valence-corrected chi connectivity index (χ1v) is 12.9. The fourth-order valence-electron chi connectivity index (χ4n) is 4.99. The summed E-state index contributed by atoms with van der Waals surface area (Å²) in [5.41, 5.74) is 12.1. The predicted molar refractivity (Wildman–Crippen MR) is 153 cm³/mol. The van der Waals surface area contributed by atoms with Crippen molar-refractivity contribution in [2.45, 2.75) is 25.7 Å². The van der Waals surface area contributed by atoms with Crippen molar-refractivity contribution < 1.29 is 9.47 Å². The van der Waals surface area contributed by atoms with Crippen LogP contribution in [0, 0.1) is 0 Å². The van der Waals surface area contributed by atoms with E-state index >= 15 is 0 Å². The number of methoxy groups -OCH3 is 2. The molecule has 0 fully saturated rings. The Morgan fingerprint density at radius 2 is 1.74 bits per heavy atom. The second kappa shape index (κ2) is 10.4. The minimum atomic E-state index is 0.459. The van der Waals surface area contributed by atoms with Gasteiger partial charge in [0, 0.05) is 18.0 Å². The van der Waals surface area contributed by atoms with Crippen molar-refractivity contribution in [2.75, 3.05) is 25.3 Å². The number of fused-ring (bicyclic) bond motifs is 1. The highest BCUT2D eigenvalue weighted by atomic mass is 16.5. The Morgan fingerprint density at radius 1 is 0.897 bits per heavy atom. The van der Waals surface area contributed by atoms with Crippen LogP contribution >= 0.6 is 0 Å². The lowest BCUT2D eigenvalue weighted by atomic mass is 9.92. The molecule has 0 unspecified atom stereocenters. The van der Waals surface area contributed by atoms with Gasteiger partial charge in [-0.3, -0.25) is 0 Å². The molecule has 5 aromatic rings. The smallest absolute Gasteiger partial charge is 0.228 e. The normalized spacial score (nSPS) is 13.2. The van der Waals surface area contributed by atoms with Gasteiger partial charge in [0.25, 0.3) is 0 Å². The number of allylic oxidation sites excluding steroid dienone is 2. The molecule has 1 aliphatic carbocycles. The van der Waals surface area contributed by atoms with Crippen molar-refractivity contribution in [3.05, 3.63) is 78.6 Å². The van der Waals surface area contributed by atoms with Crippen molar-refractivity contribution in [2.24, 2.45) is 0 Å². The van der Waals surface area contributed by atoms with E-state index in [-0.39, 0.29) is 0 Å². The summed E-state index contributed by atoms with van der Waals surface area (Å²) in [5.74, 6) is 3.06. The quantitative estimate of drug-likeness (QED) is 0.263. The van der Waals surface area contributed by atoms with Crippen LogP contribution in [0.1, 0.15) is 31.2 Å². The molecule has 196 valence electrons. The Hall–Kier alpha value is -4.92. The number of hydrogen-bond acceptors (Lipinski definition) is 8. The average molecular weight is 520 g/mol. The van der Waals surface area contributed by atoms with Gasteiger partial charge >= 0.3 is 0 Å². The van der Waals surface area contributed by atoms with Crippen molar-refractivity contribution in [1.29, 1.82) is 0 Å². The van der Waals surface area contributed by atoms with Crippen molar-refractivity contribution in [3.8, 4) is 34.0 Å². The highest BCUT2D eigenvalue weighted by Gasteiger charge is 2.27. The topological polar surface area (TPSA) is 112 Å².